The van der Waals surface area contributed by atoms with Crippen molar-refractivity contribution in [3.8, 4) is 28.7 Å². The number of aryl methyl sites for hydroxylation is 1. The van der Waals surface area contributed by atoms with Crippen molar-refractivity contribution in [1.29, 1.82) is 0 Å². The van der Waals surface area contributed by atoms with Crippen molar-refractivity contribution < 1.29 is 23.4 Å². The Morgan fingerprint density at radius 2 is 2.04 bits per heavy atom. The number of hydrogen-bond acceptors (Lipinski definition) is 7. The zero-order chi connectivity index (χ0) is 17.9. The van der Waals surface area contributed by atoms with Gasteiger partial charge < -0.3 is 18.6 Å². The van der Waals surface area contributed by atoms with Crippen LogP contribution in [0.1, 0.15) is 5.56 Å². The summed E-state index contributed by atoms with van der Waals surface area (Å²) in [6.07, 6.45) is 0. The van der Waals surface area contributed by atoms with Gasteiger partial charge in [-0.25, -0.2) is 0 Å². The van der Waals surface area contributed by atoms with E-state index in [1.165, 1.54) is 0 Å². The second-order valence-corrected chi connectivity index (χ2v) is 5.63. The summed E-state index contributed by atoms with van der Waals surface area (Å²) in [6, 6.07) is 12.7. The highest BCUT2D eigenvalue weighted by Gasteiger charge is 2.17. The van der Waals surface area contributed by atoms with Gasteiger partial charge in [-0.05, 0) is 42.8 Å². The minimum Gasteiger partial charge on any atom is -0.484 e. The average molecular weight is 353 g/mol. The normalized spacial score (nSPS) is 12.0. The van der Waals surface area contributed by atoms with E-state index in [1.54, 1.807) is 24.3 Å². The molecule has 132 valence electrons. The number of amides is 1. The highest BCUT2D eigenvalue weighted by Crippen LogP contribution is 2.35. The number of nitrogens with one attached hydrogen (secondary N) is 1. The highest BCUT2D eigenvalue weighted by atomic mass is 16.7. The number of hydrogen-bond donors (Lipinski definition) is 1. The first-order valence-corrected chi connectivity index (χ1v) is 7.90. The quantitative estimate of drug-likeness (QED) is 0.753. The summed E-state index contributed by atoms with van der Waals surface area (Å²) in [5, 5.41) is 10.3. The number of fused-ring (bicyclic) bond motifs is 1. The molecular formula is C18H15N3O5. The number of aromatic nitrogens is 2. The maximum absolute atomic E-state index is 12.0. The fourth-order valence-electron chi connectivity index (χ4n) is 2.43. The van der Waals surface area contributed by atoms with Crippen LogP contribution in [0.15, 0.2) is 46.9 Å². The number of nitrogens with zero attached hydrogens (tertiary/aromatic N) is 2. The molecule has 0 spiro atoms. The van der Waals surface area contributed by atoms with E-state index < -0.39 is 5.91 Å². The van der Waals surface area contributed by atoms with Gasteiger partial charge in [0.2, 0.25) is 12.7 Å². The Bertz CT molecular complexity index is 954. The predicted molar refractivity (Wildman–Crippen MR) is 91.2 cm³/mol. The van der Waals surface area contributed by atoms with Crippen LogP contribution >= 0.6 is 0 Å². The average Bonchev–Trinajstić information content (AvgIpc) is 3.28. The second-order valence-electron chi connectivity index (χ2n) is 5.63. The first kappa shape index (κ1) is 15.9. The van der Waals surface area contributed by atoms with Crippen molar-refractivity contribution in [1.82, 2.24) is 10.2 Å². The Morgan fingerprint density at radius 3 is 2.92 bits per heavy atom. The van der Waals surface area contributed by atoms with Gasteiger partial charge in [0, 0.05) is 5.56 Å². The Labute approximate surface area is 148 Å². The molecule has 0 radical (unpaired) electrons. The van der Waals surface area contributed by atoms with Gasteiger partial charge in [0.25, 0.3) is 5.91 Å². The molecule has 0 atom stereocenters. The SMILES string of the molecule is Cc1cccc(OCC(=O)Nc2nnc(-c3ccc4c(c3)OCO4)o2)c1. The molecule has 26 heavy (non-hydrogen) atoms. The molecule has 3 aromatic rings. The third-order valence-corrected chi connectivity index (χ3v) is 3.65. The van der Waals surface area contributed by atoms with E-state index in [4.69, 9.17) is 18.6 Å². The molecule has 1 N–H and O–H groups in total. The Morgan fingerprint density at radius 1 is 1.15 bits per heavy atom. The molecule has 1 aliphatic rings. The van der Waals surface area contributed by atoms with Crippen molar-refractivity contribution in [3.63, 3.8) is 0 Å². The lowest BCUT2D eigenvalue weighted by molar-refractivity contribution is -0.118. The van der Waals surface area contributed by atoms with Crippen LogP contribution in [-0.4, -0.2) is 29.5 Å². The minimum atomic E-state index is -0.396. The van der Waals surface area contributed by atoms with Crippen LogP contribution in [0.4, 0.5) is 6.01 Å². The van der Waals surface area contributed by atoms with Crippen molar-refractivity contribution in [2.45, 2.75) is 6.92 Å². The number of carbonyl (C=O) groups is 1. The van der Waals surface area contributed by atoms with E-state index in [2.05, 4.69) is 15.5 Å². The topological polar surface area (TPSA) is 95.7 Å². The minimum absolute atomic E-state index is 0.00416. The predicted octanol–water partition coefficient (Wildman–Crippen LogP) is 2.79. The lowest BCUT2D eigenvalue weighted by atomic mass is 10.2. The Hall–Kier alpha value is -3.55. The van der Waals surface area contributed by atoms with E-state index >= 15 is 0 Å². The van der Waals surface area contributed by atoms with Crippen LogP contribution in [-0.2, 0) is 4.79 Å². The number of anilines is 1. The van der Waals surface area contributed by atoms with E-state index in [-0.39, 0.29) is 25.3 Å². The number of benzene rings is 2. The molecule has 0 saturated heterocycles. The molecule has 4 rings (SSSR count). The number of ether oxygens (including phenoxy) is 3. The smallest absolute Gasteiger partial charge is 0.322 e. The van der Waals surface area contributed by atoms with Crippen molar-refractivity contribution in [2.75, 3.05) is 18.7 Å². The summed E-state index contributed by atoms with van der Waals surface area (Å²) in [5.74, 6) is 1.75. The molecule has 0 bridgehead atoms. The standard InChI is InChI=1S/C18H15N3O5/c1-11-3-2-4-13(7-11)23-9-16(22)19-18-21-20-17(26-18)12-5-6-14-15(8-12)25-10-24-14/h2-8H,9-10H2,1H3,(H,19,21,22). The molecule has 8 heteroatoms. The third kappa shape index (κ3) is 3.44. The van der Waals surface area contributed by atoms with Crippen LogP contribution in [0, 0.1) is 6.92 Å². The number of carbonyl (C=O) groups excluding carboxylic acids is 1. The molecule has 2 aromatic carbocycles. The van der Waals surface area contributed by atoms with Gasteiger partial charge >= 0.3 is 6.01 Å². The van der Waals surface area contributed by atoms with E-state index in [0.717, 1.165) is 5.56 Å². The zero-order valence-electron chi connectivity index (χ0n) is 13.9. The van der Waals surface area contributed by atoms with Crippen molar-refractivity contribution >= 4 is 11.9 Å². The summed E-state index contributed by atoms with van der Waals surface area (Å²) < 4.78 is 21.5. The Balaban J connectivity index is 1.38. The van der Waals surface area contributed by atoms with Crippen LogP contribution in [0.25, 0.3) is 11.5 Å². The van der Waals surface area contributed by atoms with Crippen LogP contribution < -0.4 is 19.5 Å². The summed E-state index contributed by atoms with van der Waals surface area (Å²) in [4.78, 5) is 12.0. The van der Waals surface area contributed by atoms with Gasteiger partial charge in [-0.1, -0.05) is 17.2 Å². The van der Waals surface area contributed by atoms with Crippen LogP contribution in [0.2, 0.25) is 0 Å². The molecule has 2 heterocycles. The molecule has 1 amide bonds. The molecule has 0 unspecified atom stereocenters. The molecule has 8 nitrogen and oxygen atoms in total. The maximum atomic E-state index is 12.0. The summed E-state index contributed by atoms with van der Waals surface area (Å²) in [6.45, 7) is 1.97. The zero-order valence-corrected chi connectivity index (χ0v) is 13.9. The summed E-state index contributed by atoms with van der Waals surface area (Å²) >= 11 is 0. The lowest BCUT2D eigenvalue weighted by Crippen LogP contribution is -2.20. The van der Waals surface area contributed by atoms with Crippen LogP contribution in [0.5, 0.6) is 17.2 Å². The molecule has 1 aliphatic heterocycles. The molecule has 0 fully saturated rings. The molecule has 1 aromatic heterocycles. The summed E-state index contributed by atoms with van der Waals surface area (Å²) in [5.41, 5.74) is 1.71. The van der Waals surface area contributed by atoms with Crippen molar-refractivity contribution in [2.24, 2.45) is 0 Å². The van der Waals surface area contributed by atoms with Gasteiger partial charge in [-0.2, -0.15) is 0 Å². The first-order chi connectivity index (χ1) is 12.7. The largest absolute Gasteiger partial charge is 0.484 e. The second kappa shape index (κ2) is 6.75. The van der Waals surface area contributed by atoms with E-state index in [0.29, 0.717) is 22.8 Å². The Kier molecular flexibility index (Phi) is 4.14. The summed E-state index contributed by atoms with van der Waals surface area (Å²) in [7, 11) is 0. The molecule has 0 aliphatic carbocycles. The molecule has 0 saturated carbocycles. The number of rotatable bonds is 5. The van der Waals surface area contributed by atoms with Gasteiger partial charge in [-0.15, -0.1) is 5.10 Å². The molecular weight excluding hydrogens is 338 g/mol. The third-order valence-electron chi connectivity index (χ3n) is 3.65. The van der Waals surface area contributed by atoms with Gasteiger partial charge in [0.15, 0.2) is 18.1 Å². The van der Waals surface area contributed by atoms with Gasteiger partial charge in [0.1, 0.15) is 5.75 Å². The van der Waals surface area contributed by atoms with E-state index in [1.807, 2.05) is 25.1 Å². The van der Waals surface area contributed by atoms with Crippen LogP contribution in [0.3, 0.4) is 0 Å². The lowest BCUT2D eigenvalue weighted by Gasteiger charge is -2.05. The van der Waals surface area contributed by atoms with Gasteiger partial charge in [0.05, 0.1) is 0 Å². The fraction of sp³-hybridized carbons (Fsp3) is 0.167. The van der Waals surface area contributed by atoms with E-state index in [9.17, 15) is 4.79 Å². The van der Waals surface area contributed by atoms with Gasteiger partial charge in [-0.3, -0.25) is 10.1 Å². The first-order valence-electron chi connectivity index (χ1n) is 7.90. The highest BCUT2D eigenvalue weighted by molar-refractivity contribution is 5.89. The monoisotopic (exact) mass is 353 g/mol. The maximum Gasteiger partial charge on any atom is 0.322 e. The fourth-order valence-corrected chi connectivity index (χ4v) is 2.43. The van der Waals surface area contributed by atoms with Crippen molar-refractivity contribution in [3.05, 3.63) is 48.0 Å².